The van der Waals surface area contributed by atoms with Crippen LogP contribution < -0.4 is 0 Å². The largest absolute Gasteiger partial charge is 0.458 e. The molecule has 0 bridgehead atoms. The van der Waals surface area contributed by atoms with E-state index in [0.717, 1.165) is 5.57 Å². The molecular weight excluding hydrogens is 364 g/mol. The van der Waals surface area contributed by atoms with Gasteiger partial charge in [-0.2, -0.15) is 0 Å². The first-order valence-corrected chi connectivity index (χ1v) is 10.4. The van der Waals surface area contributed by atoms with Gasteiger partial charge in [0.2, 0.25) is 0 Å². The summed E-state index contributed by atoms with van der Waals surface area (Å²) >= 11 is 0. The Balaban J connectivity index is 1.42. The van der Waals surface area contributed by atoms with Crippen LogP contribution >= 0.6 is 0 Å². The molecule has 2 saturated carbocycles. The number of hydrogen-bond acceptors (Lipinski definition) is 7. The van der Waals surface area contributed by atoms with Crippen LogP contribution in [0, 0.1) is 11.3 Å². The Bertz CT molecular complexity index is 882. The van der Waals surface area contributed by atoms with Crippen LogP contribution in [0.4, 0.5) is 0 Å². The summed E-state index contributed by atoms with van der Waals surface area (Å²) < 4.78 is 30.7. The number of esters is 1. The number of rotatable bonds is 2. The summed E-state index contributed by atoms with van der Waals surface area (Å²) in [4.78, 5) is 12.2. The van der Waals surface area contributed by atoms with Gasteiger partial charge in [0, 0.05) is 30.1 Å². The van der Waals surface area contributed by atoms with Crippen molar-refractivity contribution < 1.29 is 33.6 Å². The second-order valence-corrected chi connectivity index (χ2v) is 10.3. The molecule has 0 radical (unpaired) electrons. The standard InChI is InChI=1S/C21H26O7/c1-9(2)19-13(27-19)14-21(28-14)17(3)6-5-10-11(8-25-15(10)22)18(17,23)7-12-20(21,26-12)16(19)24-4/h9,12-14,16,23H,5-8H2,1-4H3/t12-,13-,14-,16+,17-,18+,19-,20+,21+/m0/s1. The van der Waals surface area contributed by atoms with Crippen molar-refractivity contribution in [3.05, 3.63) is 11.1 Å². The third kappa shape index (κ3) is 1.26. The molecule has 7 rings (SSSR count). The topological polar surface area (TPSA) is 93.4 Å². The van der Waals surface area contributed by atoms with E-state index in [1.807, 2.05) is 0 Å². The van der Waals surface area contributed by atoms with Gasteiger partial charge in [-0.1, -0.05) is 20.8 Å². The van der Waals surface area contributed by atoms with Crippen molar-refractivity contribution in [3.63, 3.8) is 0 Å². The lowest BCUT2D eigenvalue weighted by molar-refractivity contribution is -0.168. The molecule has 0 aromatic carbocycles. The summed E-state index contributed by atoms with van der Waals surface area (Å²) in [5.41, 5.74) is -1.99. The minimum absolute atomic E-state index is 0.0380. The first kappa shape index (κ1) is 16.8. The van der Waals surface area contributed by atoms with E-state index in [9.17, 15) is 9.90 Å². The summed E-state index contributed by atoms with van der Waals surface area (Å²) in [6.45, 7) is 6.60. The maximum absolute atomic E-state index is 12.2. The third-order valence-electron chi connectivity index (χ3n) is 9.47. The maximum atomic E-state index is 12.2. The minimum atomic E-state index is -1.17. The molecule has 9 atom stereocenters. The number of ether oxygens (including phenoxy) is 5. The van der Waals surface area contributed by atoms with Gasteiger partial charge in [0.15, 0.2) is 5.60 Å². The molecule has 7 aliphatic rings. The van der Waals surface area contributed by atoms with Crippen LogP contribution in [-0.2, 0) is 28.5 Å². The molecule has 7 heteroatoms. The van der Waals surface area contributed by atoms with Gasteiger partial charge in [-0.15, -0.1) is 0 Å². The SMILES string of the molecule is CO[C@@H]1[C@@]2(C(C)C)O[C@H]2[C@@H]2O[C@]23[C@]12O[C@H]2C[C@@]1(O)C2=C(CC[C@]31C)C(=O)OC2. The Labute approximate surface area is 163 Å². The van der Waals surface area contributed by atoms with Crippen molar-refractivity contribution in [1.29, 1.82) is 0 Å². The Morgan fingerprint density at radius 1 is 1.21 bits per heavy atom. The molecule has 0 aromatic rings. The molecule has 5 fully saturated rings. The van der Waals surface area contributed by atoms with Gasteiger partial charge in [-0.25, -0.2) is 4.79 Å². The fourth-order valence-corrected chi connectivity index (χ4v) is 8.02. The monoisotopic (exact) mass is 390 g/mol. The molecule has 3 aliphatic carbocycles. The fourth-order valence-electron chi connectivity index (χ4n) is 8.02. The van der Waals surface area contributed by atoms with Gasteiger partial charge in [0.1, 0.15) is 41.7 Å². The van der Waals surface area contributed by atoms with E-state index >= 15 is 0 Å². The number of epoxide rings is 3. The summed E-state index contributed by atoms with van der Waals surface area (Å²) in [5.74, 6) is -0.00781. The van der Waals surface area contributed by atoms with Crippen molar-refractivity contribution in [2.45, 2.75) is 86.9 Å². The molecule has 2 spiro atoms. The lowest BCUT2D eigenvalue weighted by atomic mass is 9.45. The Hall–Kier alpha value is -0.990. The molecule has 152 valence electrons. The van der Waals surface area contributed by atoms with E-state index in [4.69, 9.17) is 23.7 Å². The molecule has 1 N–H and O–H groups in total. The van der Waals surface area contributed by atoms with Gasteiger partial charge < -0.3 is 28.8 Å². The molecule has 28 heavy (non-hydrogen) atoms. The van der Waals surface area contributed by atoms with Crippen LogP contribution in [-0.4, -0.2) is 71.6 Å². The van der Waals surface area contributed by atoms with Crippen molar-refractivity contribution >= 4 is 5.97 Å². The molecule has 4 aliphatic heterocycles. The number of hydrogen-bond donors (Lipinski definition) is 1. The van der Waals surface area contributed by atoms with Gasteiger partial charge >= 0.3 is 5.97 Å². The second-order valence-electron chi connectivity index (χ2n) is 10.3. The molecule has 7 nitrogen and oxygen atoms in total. The summed E-state index contributed by atoms with van der Waals surface area (Å²) in [6, 6.07) is 0. The average molecular weight is 390 g/mol. The molecule has 0 aromatic heterocycles. The van der Waals surface area contributed by atoms with E-state index in [-0.39, 0.29) is 48.5 Å². The first-order chi connectivity index (χ1) is 13.2. The van der Waals surface area contributed by atoms with Crippen molar-refractivity contribution in [1.82, 2.24) is 0 Å². The lowest BCUT2D eigenvalue weighted by Gasteiger charge is -2.57. The summed E-state index contributed by atoms with van der Waals surface area (Å²) in [6.07, 6.45) is 1.14. The molecular formula is C21H26O7. The predicted molar refractivity (Wildman–Crippen MR) is 93.3 cm³/mol. The number of carbonyl (C=O) groups is 1. The van der Waals surface area contributed by atoms with Crippen LogP contribution in [0.3, 0.4) is 0 Å². The highest BCUT2D eigenvalue weighted by Gasteiger charge is 3.02. The van der Waals surface area contributed by atoms with Gasteiger partial charge in [-0.3, -0.25) is 0 Å². The molecule has 0 unspecified atom stereocenters. The number of fused-ring (bicyclic) bond motifs is 4. The van der Waals surface area contributed by atoms with Gasteiger partial charge in [-0.05, 0) is 18.8 Å². The lowest BCUT2D eigenvalue weighted by Crippen LogP contribution is -2.74. The Kier molecular flexibility index (Phi) is 2.53. The highest BCUT2D eigenvalue weighted by molar-refractivity contribution is 5.93. The zero-order valence-electron chi connectivity index (χ0n) is 16.6. The first-order valence-electron chi connectivity index (χ1n) is 10.4. The highest BCUT2D eigenvalue weighted by Crippen LogP contribution is 2.83. The Morgan fingerprint density at radius 2 is 2.00 bits per heavy atom. The summed E-state index contributed by atoms with van der Waals surface area (Å²) in [7, 11) is 1.73. The normalized spacial score (nSPS) is 62.1. The van der Waals surface area contributed by atoms with Crippen molar-refractivity contribution in [2.24, 2.45) is 11.3 Å². The number of cyclic esters (lactones) is 1. The van der Waals surface area contributed by atoms with E-state index in [2.05, 4.69) is 20.8 Å². The highest BCUT2D eigenvalue weighted by atomic mass is 16.8. The van der Waals surface area contributed by atoms with Crippen LogP contribution in [0.5, 0.6) is 0 Å². The van der Waals surface area contributed by atoms with E-state index in [1.165, 1.54) is 0 Å². The predicted octanol–water partition coefficient (Wildman–Crippen LogP) is 0.872. The zero-order chi connectivity index (χ0) is 19.5. The number of aliphatic hydroxyl groups is 1. The molecule has 3 saturated heterocycles. The maximum Gasteiger partial charge on any atom is 0.334 e. The van der Waals surface area contributed by atoms with E-state index in [1.54, 1.807) is 7.11 Å². The quantitative estimate of drug-likeness (QED) is 0.552. The second kappa shape index (κ2) is 4.23. The van der Waals surface area contributed by atoms with E-state index in [0.29, 0.717) is 24.8 Å². The van der Waals surface area contributed by atoms with Crippen LogP contribution in [0.1, 0.15) is 40.0 Å². The van der Waals surface area contributed by atoms with Crippen LogP contribution in [0.25, 0.3) is 0 Å². The average Bonchev–Trinajstić information content (AvgIpc) is 3.53. The third-order valence-corrected chi connectivity index (χ3v) is 9.47. The minimum Gasteiger partial charge on any atom is -0.458 e. The van der Waals surface area contributed by atoms with Gasteiger partial charge in [0.05, 0.1) is 6.10 Å². The Morgan fingerprint density at radius 3 is 2.71 bits per heavy atom. The summed E-state index contributed by atoms with van der Waals surface area (Å²) in [5, 5.41) is 12.1. The molecule has 0 amide bonds. The van der Waals surface area contributed by atoms with Crippen LogP contribution in [0.2, 0.25) is 0 Å². The fraction of sp³-hybridized carbons (Fsp3) is 0.857. The van der Waals surface area contributed by atoms with Gasteiger partial charge in [0.25, 0.3) is 0 Å². The smallest absolute Gasteiger partial charge is 0.334 e. The molecule has 4 heterocycles. The van der Waals surface area contributed by atoms with Crippen molar-refractivity contribution in [2.75, 3.05) is 13.7 Å². The zero-order valence-corrected chi connectivity index (χ0v) is 16.6. The van der Waals surface area contributed by atoms with Crippen LogP contribution in [0.15, 0.2) is 11.1 Å². The number of carbonyl (C=O) groups excluding carboxylic acids is 1. The van der Waals surface area contributed by atoms with E-state index < -0.39 is 22.2 Å². The van der Waals surface area contributed by atoms with Crippen molar-refractivity contribution in [3.8, 4) is 0 Å². The number of methoxy groups -OCH3 is 1.